The van der Waals surface area contributed by atoms with Crippen LogP contribution in [0.5, 0.6) is 5.75 Å². The van der Waals surface area contributed by atoms with Crippen molar-refractivity contribution in [3.8, 4) is 17.6 Å². The summed E-state index contributed by atoms with van der Waals surface area (Å²) in [6, 6.07) is 4.42. The molecule has 1 aromatic rings. The molecule has 0 fully saturated rings. The first kappa shape index (κ1) is 10.1. The fourth-order valence-corrected chi connectivity index (χ4v) is 0.924. The van der Waals surface area contributed by atoms with Gasteiger partial charge in [0, 0.05) is 11.1 Å². The number of amides is 1. The lowest BCUT2D eigenvalue weighted by Crippen LogP contribution is -2.06. The maximum absolute atomic E-state index is 10.3. The van der Waals surface area contributed by atoms with Crippen molar-refractivity contribution < 1.29 is 15.0 Å². The molecule has 1 aromatic carbocycles. The third kappa shape index (κ3) is 2.51. The highest BCUT2D eigenvalue weighted by Gasteiger charge is 1.99. The van der Waals surface area contributed by atoms with Gasteiger partial charge in [-0.3, -0.25) is 4.79 Å². The lowest BCUT2D eigenvalue weighted by molar-refractivity contribution is -0.112. The molecule has 0 aliphatic carbocycles. The number of benzene rings is 1. The number of primary amides is 1. The maximum atomic E-state index is 10.3. The number of aliphatic hydroxyl groups excluding tert-OH is 1. The van der Waals surface area contributed by atoms with Gasteiger partial charge in [-0.2, -0.15) is 0 Å². The normalized spacial score (nSPS) is 8.93. The molecule has 0 spiro atoms. The lowest BCUT2D eigenvalue weighted by atomic mass is 10.1. The van der Waals surface area contributed by atoms with Crippen molar-refractivity contribution in [3.63, 3.8) is 0 Å². The first-order valence-electron chi connectivity index (χ1n) is 3.87. The van der Waals surface area contributed by atoms with Gasteiger partial charge >= 0.3 is 0 Å². The summed E-state index contributed by atoms with van der Waals surface area (Å²) in [5.74, 6) is 3.94. The SMILES string of the molecule is NC(=O)C#Cc1ccc(O)c(CO)c1. The van der Waals surface area contributed by atoms with Crippen LogP contribution in [0.3, 0.4) is 0 Å². The molecule has 4 N–H and O–H groups in total. The average molecular weight is 191 g/mol. The Morgan fingerprint density at radius 3 is 2.79 bits per heavy atom. The van der Waals surface area contributed by atoms with Crippen LogP contribution in [0.1, 0.15) is 11.1 Å². The second-order valence-corrected chi connectivity index (χ2v) is 2.62. The summed E-state index contributed by atoms with van der Waals surface area (Å²) in [6.07, 6.45) is 0. The molecular formula is C10H9NO3. The van der Waals surface area contributed by atoms with Crippen molar-refractivity contribution >= 4 is 5.91 Å². The van der Waals surface area contributed by atoms with Crippen molar-refractivity contribution in [2.75, 3.05) is 0 Å². The van der Waals surface area contributed by atoms with Gasteiger partial charge in [0.1, 0.15) is 5.75 Å². The summed E-state index contributed by atoms with van der Waals surface area (Å²) >= 11 is 0. The van der Waals surface area contributed by atoms with E-state index >= 15 is 0 Å². The number of carbonyl (C=O) groups is 1. The molecule has 0 radical (unpaired) electrons. The van der Waals surface area contributed by atoms with Gasteiger partial charge in [0.05, 0.1) is 6.61 Å². The van der Waals surface area contributed by atoms with Crippen molar-refractivity contribution in [1.82, 2.24) is 0 Å². The van der Waals surface area contributed by atoms with E-state index in [-0.39, 0.29) is 12.4 Å². The molecule has 0 aromatic heterocycles. The Kier molecular flexibility index (Phi) is 3.10. The van der Waals surface area contributed by atoms with Crippen LogP contribution >= 0.6 is 0 Å². The van der Waals surface area contributed by atoms with E-state index in [4.69, 9.17) is 10.8 Å². The molecule has 0 saturated carbocycles. The number of nitrogens with two attached hydrogens (primary N) is 1. The molecule has 0 atom stereocenters. The van der Waals surface area contributed by atoms with Gasteiger partial charge < -0.3 is 15.9 Å². The van der Waals surface area contributed by atoms with Crippen LogP contribution in [0, 0.1) is 11.8 Å². The van der Waals surface area contributed by atoms with E-state index in [0.717, 1.165) is 0 Å². The first-order chi connectivity index (χ1) is 6.63. The molecular weight excluding hydrogens is 182 g/mol. The van der Waals surface area contributed by atoms with Crippen LogP contribution in [-0.2, 0) is 11.4 Å². The van der Waals surface area contributed by atoms with Crippen LogP contribution in [0.25, 0.3) is 0 Å². The Morgan fingerprint density at radius 2 is 2.21 bits per heavy atom. The van der Waals surface area contributed by atoms with Gasteiger partial charge in [-0.15, -0.1) is 0 Å². The highest BCUT2D eigenvalue weighted by atomic mass is 16.3. The largest absolute Gasteiger partial charge is 0.508 e. The van der Waals surface area contributed by atoms with Crippen molar-refractivity contribution in [3.05, 3.63) is 29.3 Å². The summed E-state index contributed by atoms with van der Waals surface area (Å²) in [5, 5.41) is 18.0. The topological polar surface area (TPSA) is 83.6 Å². The predicted molar refractivity (Wildman–Crippen MR) is 50.1 cm³/mol. The number of hydrogen-bond acceptors (Lipinski definition) is 3. The van der Waals surface area contributed by atoms with Gasteiger partial charge in [0.2, 0.25) is 0 Å². The molecule has 14 heavy (non-hydrogen) atoms. The third-order valence-electron chi connectivity index (χ3n) is 1.58. The lowest BCUT2D eigenvalue weighted by Gasteiger charge is -2.00. The van der Waals surface area contributed by atoms with Crippen molar-refractivity contribution in [2.45, 2.75) is 6.61 Å². The van der Waals surface area contributed by atoms with Crippen LogP contribution in [-0.4, -0.2) is 16.1 Å². The zero-order valence-electron chi connectivity index (χ0n) is 7.32. The van der Waals surface area contributed by atoms with Gasteiger partial charge in [-0.1, -0.05) is 5.92 Å². The molecule has 1 amide bonds. The molecule has 4 heteroatoms. The highest BCUT2D eigenvalue weighted by molar-refractivity contribution is 5.92. The third-order valence-corrected chi connectivity index (χ3v) is 1.58. The summed E-state index contributed by atoms with van der Waals surface area (Å²) in [5.41, 5.74) is 5.71. The van der Waals surface area contributed by atoms with Crippen LogP contribution in [0.15, 0.2) is 18.2 Å². The van der Waals surface area contributed by atoms with Gasteiger partial charge in [-0.25, -0.2) is 0 Å². The monoisotopic (exact) mass is 191 g/mol. The number of aromatic hydroxyl groups is 1. The zero-order valence-corrected chi connectivity index (χ0v) is 7.32. The van der Waals surface area contributed by atoms with E-state index in [9.17, 15) is 9.90 Å². The molecule has 0 bridgehead atoms. The molecule has 72 valence electrons. The fourth-order valence-electron chi connectivity index (χ4n) is 0.924. The fraction of sp³-hybridized carbons (Fsp3) is 0.100. The molecule has 0 aliphatic rings. The van der Waals surface area contributed by atoms with Crippen LogP contribution < -0.4 is 5.73 Å². The minimum absolute atomic E-state index is 0.00266. The Morgan fingerprint density at radius 1 is 1.50 bits per heavy atom. The second-order valence-electron chi connectivity index (χ2n) is 2.62. The number of carbonyl (C=O) groups excluding carboxylic acids is 1. The Hall–Kier alpha value is -1.99. The van der Waals surface area contributed by atoms with Crippen LogP contribution in [0.4, 0.5) is 0 Å². The standard InChI is InChI=1S/C10H9NO3/c11-10(14)4-2-7-1-3-9(13)8(5-7)6-12/h1,3,5,12-13H,6H2,(H2,11,14). The quantitative estimate of drug-likeness (QED) is 0.534. The summed E-state index contributed by atoms with van der Waals surface area (Å²) in [7, 11) is 0. The minimum atomic E-state index is -0.719. The Labute approximate surface area is 81.0 Å². The van der Waals surface area contributed by atoms with Crippen molar-refractivity contribution in [2.24, 2.45) is 5.73 Å². The van der Waals surface area contributed by atoms with Crippen LogP contribution in [0.2, 0.25) is 0 Å². The van der Waals surface area contributed by atoms with Gasteiger partial charge in [0.15, 0.2) is 0 Å². The Bertz CT molecular complexity index is 415. The second kappa shape index (κ2) is 4.30. The molecule has 0 aliphatic heterocycles. The minimum Gasteiger partial charge on any atom is -0.508 e. The van der Waals surface area contributed by atoms with E-state index in [1.165, 1.54) is 18.2 Å². The van der Waals surface area contributed by atoms with E-state index in [2.05, 4.69) is 11.8 Å². The predicted octanol–water partition coefficient (Wildman–Crippen LogP) is -0.279. The van der Waals surface area contributed by atoms with E-state index in [1.54, 1.807) is 0 Å². The summed E-state index contributed by atoms with van der Waals surface area (Å²) in [4.78, 5) is 10.3. The zero-order chi connectivity index (χ0) is 10.6. The van der Waals surface area contributed by atoms with Gasteiger partial charge in [-0.05, 0) is 24.1 Å². The number of phenols is 1. The van der Waals surface area contributed by atoms with Crippen molar-refractivity contribution in [1.29, 1.82) is 0 Å². The molecule has 0 saturated heterocycles. The summed E-state index contributed by atoms with van der Waals surface area (Å²) in [6.45, 7) is -0.280. The molecule has 0 heterocycles. The number of hydrogen-bond donors (Lipinski definition) is 3. The van der Waals surface area contributed by atoms with E-state index < -0.39 is 5.91 Å². The van der Waals surface area contributed by atoms with E-state index in [1.807, 2.05) is 0 Å². The molecule has 4 nitrogen and oxygen atoms in total. The molecule has 1 rings (SSSR count). The maximum Gasteiger partial charge on any atom is 0.293 e. The van der Waals surface area contributed by atoms with Gasteiger partial charge in [0.25, 0.3) is 5.91 Å². The molecule has 0 unspecified atom stereocenters. The van der Waals surface area contributed by atoms with E-state index in [0.29, 0.717) is 11.1 Å². The first-order valence-corrected chi connectivity index (χ1v) is 3.87. The average Bonchev–Trinajstić information content (AvgIpc) is 2.16. The highest BCUT2D eigenvalue weighted by Crippen LogP contribution is 2.17. The smallest absolute Gasteiger partial charge is 0.293 e. The number of rotatable bonds is 1. The number of aliphatic hydroxyl groups is 1. The summed E-state index contributed by atoms with van der Waals surface area (Å²) < 4.78 is 0. The Balaban J connectivity index is 3.03.